The van der Waals surface area contributed by atoms with E-state index >= 15 is 0 Å². The molecule has 0 saturated carbocycles. The summed E-state index contributed by atoms with van der Waals surface area (Å²) in [6.45, 7) is 3.76. The van der Waals surface area contributed by atoms with Crippen molar-refractivity contribution in [1.29, 1.82) is 0 Å². The van der Waals surface area contributed by atoms with Gasteiger partial charge in [0.05, 0.1) is 25.4 Å². The molecule has 516 valence electrons. The third kappa shape index (κ3) is 56.4. The van der Waals surface area contributed by atoms with Gasteiger partial charge in [0, 0.05) is 6.42 Å². The summed E-state index contributed by atoms with van der Waals surface area (Å²) < 4.78 is 11.4. The number of aliphatic hydroxyl groups is 5. The predicted octanol–water partition coefficient (Wildman–Crippen LogP) is 21.4. The number of rotatable bonds is 66. The van der Waals surface area contributed by atoms with Gasteiger partial charge in [-0.05, 0) is 77.0 Å². The molecule has 1 saturated heterocycles. The van der Waals surface area contributed by atoms with Gasteiger partial charge in [0.2, 0.25) is 5.91 Å². The topological polar surface area (TPSA) is 149 Å². The normalized spacial score (nSPS) is 18.4. The second-order valence-corrected chi connectivity index (χ2v) is 26.1. The average molecular weight is 1250 g/mol. The van der Waals surface area contributed by atoms with E-state index in [0.29, 0.717) is 12.8 Å². The van der Waals surface area contributed by atoms with Crippen molar-refractivity contribution in [2.24, 2.45) is 0 Å². The highest BCUT2D eigenvalue weighted by atomic mass is 16.7. The third-order valence-electron chi connectivity index (χ3n) is 17.7. The van der Waals surface area contributed by atoms with Gasteiger partial charge in [0.15, 0.2) is 6.29 Å². The molecule has 7 unspecified atom stereocenters. The minimum absolute atomic E-state index is 0.145. The maximum absolute atomic E-state index is 13.2. The molecule has 7 atom stereocenters. The molecular weight excluding hydrogens is 1100 g/mol. The minimum atomic E-state index is -1.56. The van der Waals surface area contributed by atoms with Crippen LogP contribution in [0.15, 0.2) is 97.2 Å². The smallest absolute Gasteiger partial charge is 0.220 e. The van der Waals surface area contributed by atoms with Crippen LogP contribution in [0.4, 0.5) is 0 Å². The first-order valence-electron chi connectivity index (χ1n) is 37.9. The van der Waals surface area contributed by atoms with E-state index in [1.54, 1.807) is 0 Å². The Morgan fingerprint density at radius 3 is 1.03 bits per heavy atom. The largest absolute Gasteiger partial charge is 0.394 e. The van der Waals surface area contributed by atoms with Crippen LogP contribution in [-0.4, -0.2) is 87.5 Å². The maximum atomic E-state index is 13.2. The van der Waals surface area contributed by atoms with Crippen molar-refractivity contribution >= 4 is 5.91 Å². The van der Waals surface area contributed by atoms with Gasteiger partial charge in [0.25, 0.3) is 0 Å². The molecular formula is C80H143NO8. The van der Waals surface area contributed by atoms with Crippen molar-refractivity contribution in [3.05, 3.63) is 97.2 Å². The monoisotopic (exact) mass is 1250 g/mol. The van der Waals surface area contributed by atoms with E-state index in [9.17, 15) is 30.3 Å². The van der Waals surface area contributed by atoms with E-state index < -0.39 is 49.5 Å². The Morgan fingerprint density at radius 2 is 0.697 bits per heavy atom. The standard InChI is InChI=1S/C80H143NO8/c1-3-5-7-9-11-13-15-17-19-21-23-25-27-29-31-33-35-37-39-41-43-45-47-49-51-53-55-57-59-61-63-65-67-69-74(83)73(72-88-80-79(87)78(86)77(85)75(71-82)89-80)81-76(84)70-68-66-64-62-60-58-56-54-52-50-48-46-44-42-40-38-36-34-32-30-28-26-24-22-20-18-16-14-12-10-8-6-4-2/h6,8,12,14,18,20,24,26,30,32,36,38,42,44,48,50,73-75,77-80,82-83,85-87H,3-5,7,9-11,13,15-17,19,21-23,25,27-29,31,33-35,37,39-41,43,45-47,49,51-72H2,1-2H3,(H,81,84)/b8-6-,14-12-,20-18-,26-24-,32-30-,38-36-,44-42-,50-48-. The van der Waals surface area contributed by atoms with Crippen molar-refractivity contribution in [1.82, 2.24) is 5.32 Å². The fourth-order valence-electron chi connectivity index (χ4n) is 11.8. The van der Waals surface area contributed by atoms with Gasteiger partial charge < -0.3 is 40.3 Å². The lowest BCUT2D eigenvalue weighted by Crippen LogP contribution is -2.60. The predicted molar refractivity (Wildman–Crippen MR) is 382 cm³/mol. The molecule has 89 heavy (non-hydrogen) atoms. The van der Waals surface area contributed by atoms with Gasteiger partial charge in [-0.25, -0.2) is 0 Å². The molecule has 1 fully saturated rings. The summed E-state index contributed by atoms with van der Waals surface area (Å²) in [4.78, 5) is 13.2. The lowest BCUT2D eigenvalue weighted by Gasteiger charge is -2.40. The summed E-state index contributed by atoms with van der Waals surface area (Å²) in [5.41, 5.74) is 0. The number of allylic oxidation sites excluding steroid dienone is 16. The molecule has 0 aromatic carbocycles. The van der Waals surface area contributed by atoms with E-state index in [4.69, 9.17) is 9.47 Å². The molecule has 9 heteroatoms. The highest BCUT2D eigenvalue weighted by molar-refractivity contribution is 5.76. The van der Waals surface area contributed by atoms with Crippen LogP contribution in [0, 0.1) is 0 Å². The highest BCUT2D eigenvalue weighted by Gasteiger charge is 2.44. The van der Waals surface area contributed by atoms with Crippen LogP contribution >= 0.6 is 0 Å². The van der Waals surface area contributed by atoms with Crippen molar-refractivity contribution in [2.75, 3.05) is 13.2 Å². The summed E-state index contributed by atoms with van der Waals surface area (Å²) in [6.07, 6.45) is 92.0. The SMILES string of the molecule is CC/C=C\C/C=C\C/C=C\C/C=C\C/C=C\C/C=C\C/C=C\C/C=C\CCCCCCCCCCC(=O)NC(COC1OC(CO)C(O)C(O)C1O)C(O)CCCCCCCCCCCCCCCCCCCCCCCCCCCCCCCCCCC. The van der Waals surface area contributed by atoms with Crippen molar-refractivity contribution in [3.63, 3.8) is 0 Å². The van der Waals surface area contributed by atoms with Gasteiger partial charge in [0.1, 0.15) is 24.4 Å². The molecule has 0 aliphatic carbocycles. The van der Waals surface area contributed by atoms with E-state index in [2.05, 4.69) is 116 Å². The Hall–Kier alpha value is -2.89. The molecule has 1 heterocycles. The lowest BCUT2D eigenvalue weighted by atomic mass is 9.99. The van der Waals surface area contributed by atoms with E-state index in [-0.39, 0.29) is 12.5 Å². The Labute approximate surface area is 549 Å². The number of aliphatic hydroxyl groups excluding tert-OH is 5. The average Bonchev–Trinajstić information content (AvgIpc) is 2.28. The molecule has 0 spiro atoms. The van der Waals surface area contributed by atoms with Gasteiger partial charge in [-0.15, -0.1) is 0 Å². The molecule has 1 aliphatic rings. The molecule has 1 amide bonds. The van der Waals surface area contributed by atoms with Crippen molar-refractivity contribution in [2.45, 2.75) is 391 Å². The van der Waals surface area contributed by atoms with Gasteiger partial charge >= 0.3 is 0 Å². The van der Waals surface area contributed by atoms with E-state index in [1.165, 1.54) is 218 Å². The van der Waals surface area contributed by atoms with E-state index in [0.717, 1.165) is 103 Å². The number of hydrogen-bond acceptors (Lipinski definition) is 8. The number of nitrogens with one attached hydrogen (secondary N) is 1. The minimum Gasteiger partial charge on any atom is -0.394 e. The maximum Gasteiger partial charge on any atom is 0.220 e. The quantitative estimate of drug-likeness (QED) is 0.0261. The van der Waals surface area contributed by atoms with Crippen LogP contribution in [0.3, 0.4) is 0 Å². The zero-order valence-electron chi connectivity index (χ0n) is 57.9. The molecule has 0 aromatic rings. The Kier molecular flexibility index (Phi) is 64.3. The summed E-state index contributed by atoms with van der Waals surface area (Å²) >= 11 is 0. The molecule has 1 aliphatic heterocycles. The van der Waals surface area contributed by atoms with Crippen LogP contribution in [0.5, 0.6) is 0 Å². The van der Waals surface area contributed by atoms with E-state index in [1.807, 2.05) is 0 Å². The van der Waals surface area contributed by atoms with Gasteiger partial charge in [-0.2, -0.15) is 0 Å². The summed E-state index contributed by atoms with van der Waals surface area (Å²) in [7, 11) is 0. The van der Waals surface area contributed by atoms with Gasteiger partial charge in [-0.1, -0.05) is 361 Å². The zero-order valence-corrected chi connectivity index (χ0v) is 57.9. The molecule has 6 N–H and O–H groups in total. The fraction of sp³-hybridized carbons (Fsp3) is 0.787. The zero-order chi connectivity index (χ0) is 64.2. The molecule has 0 bridgehead atoms. The summed E-state index contributed by atoms with van der Waals surface area (Å²) in [5, 5.41) is 55.0. The Balaban J connectivity index is 2.11. The molecule has 0 radical (unpaired) electrons. The number of unbranched alkanes of at least 4 members (excludes halogenated alkanes) is 40. The van der Waals surface area contributed by atoms with Gasteiger partial charge in [-0.3, -0.25) is 4.79 Å². The van der Waals surface area contributed by atoms with Crippen LogP contribution < -0.4 is 5.32 Å². The second-order valence-electron chi connectivity index (χ2n) is 26.1. The van der Waals surface area contributed by atoms with Crippen LogP contribution in [0.25, 0.3) is 0 Å². The number of ether oxygens (including phenoxy) is 2. The van der Waals surface area contributed by atoms with Crippen LogP contribution in [0.2, 0.25) is 0 Å². The van der Waals surface area contributed by atoms with Crippen molar-refractivity contribution < 1.29 is 39.8 Å². The number of carbonyl (C=O) groups excluding carboxylic acids is 1. The molecule has 9 nitrogen and oxygen atoms in total. The Morgan fingerprint density at radius 1 is 0.393 bits per heavy atom. The summed E-state index contributed by atoms with van der Waals surface area (Å²) in [6, 6.07) is -0.733. The first kappa shape index (κ1) is 84.1. The third-order valence-corrected chi connectivity index (χ3v) is 17.7. The summed E-state index contributed by atoms with van der Waals surface area (Å²) in [5.74, 6) is -0.152. The number of hydrogen-bond donors (Lipinski definition) is 6. The molecule has 1 rings (SSSR count). The second kappa shape index (κ2) is 68.0. The lowest BCUT2D eigenvalue weighted by molar-refractivity contribution is -0.302. The van der Waals surface area contributed by atoms with Crippen molar-refractivity contribution in [3.8, 4) is 0 Å². The Bertz CT molecular complexity index is 1730. The number of carbonyl (C=O) groups is 1. The first-order chi connectivity index (χ1) is 43.8. The first-order valence-corrected chi connectivity index (χ1v) is 37.9. The highest BCUT2D eigenvalue weighted by Crippen LogP contribution is 2.24. The van der Waals surface area contributed by atoms with Crippen LogP contribution in [0.1, 0.15) is 348 Å². The van der Waals surface area contributed by atoms with Crippen LogP contribution in [-0.2, 0) is 14.3 Å². The number of amides is 1. The fourth-order valence-corrected chi connectivity index (χ4v) is 11.8. The molecule has 0 aromatic heterocycles.